The normalized spacial score (nSPS) is 14.2. The van der Waals surface area contributed by atoms with Crippen molar-refractivity contribution in [3.8, 4) is 11.1 Å². The number of pyridine rings is 1. The number of hydrogen-bond donors (Lipinski definition) is 3. The molecule has 1 aromatic carbocycles. The van der Waals surface area contributed by atoms with Gasteiger partial charge in [-0.1, -0.05) is 24.3 Å². The molecule has 1 heterocycles. The molecule has 1 aromatic heterocycles. The van der Waals surface area contributed by atoms with E-state index in [1.54, 1.807) is 0 Å². The van der Waals surface area contributed by atoms with Gasteiger partial charge in [0, 0.05) is 12.0 Å². The first kappa shape index (κ1) is 24.4. The summed E-state index contributed by atoms with van der Waals surface area (Å²) in [5.74, 6) is -2.03. The highest BCUT2D eigenvalue weighted by Gasteiger charge is 2.37. The van der Waals surface area contributed by atoms with E-state index in [0.717, 1.165) is 42.5 Å². The van der Waals surface area contributed by atoms with Crippen LogP contribution in [-0.2, 0) is 11.0 Å². The van der Waals surface area contributed by atoms with Crippen LogP contribution in [0.25, 0.3) is 17.2 Å². The fourth-order valence-electron chi connectivity index (χ4n) is 2.79. The third kappa shape index (κ3) is 6.79. The van der Waals surface area contributed by atoms with Gasteiger partial charge in [0.15, 0.2) is 5.69 Å². The van der Waals surface area contributed by atoms with Crippen LogP contribution in [-0.4, -0.2) is 38.5 Å². The van der Waals surface area contributed by atoms with Crippen molar-refractivity contribution in [1.29, 1.82) is 0 Å². The molecule has 0 saturated carbocycles. The molecule has 11 heteroatoms. The van der Waals surface area contributed by atoms with Crippen molar-refractivity contribution in [2.45, 2.75) is 37.7 Å². The van der Waals surface area contributed by atoms with Crippen molar-refractivity contribution in [1.82, 2.24) is 4.98 Å². The Kier molecular flexibility index (Phi) is 7.80. The number of benzene rings is 1. The Morgan fingerprint density at radius 2 is 1.74 bits per heavy atom. The van der Waals surface area contributed by atoms with E-state index in [4.69, 9.17) is 5.11 Å². The summed E-state index contributed by atoms with van der Waals surface area (Å²) in [6, 6.07) is 4.82. The SMILES string of the molecule is O=C(O)CC(O)C[C@H](O)C=Cc1c(-c2ccc(F)cc2)cc(C(F)F)nc1C(F)(F)F. The predicted molar refractivity (Wildman–Crippen MR) is 97.5 cm³/mol. The third-order valence-electron chi connectivity index (χ3n) is 4.13. The number of rotatable bonds is 8. The molecule has 0 aliphatic carbocycles. The third-order valence-corrected chi connectivity index (χ3v) is 4.13. The molecule has 0 spiro atoms. The van der Waals surface area contributed by atoms with Gasteiger partial charge in [-0.15, -0.1) is 0 Å². The van der Waals surface area contributed by atoms with E-state index in [0.29, 0.717) is 0 Å². The molecule has 2 rings (SSSR count). The van der Waals surface area contributed by atoms with E-state index in [9.17, 15) is 41.4 Å². The molecule has 5 nitrogen and oxygen atoms in total. The number of aliphatic hydroxyl groups excluding tert-OH is 2. The van der Waals surface area contributed by atoms with E-state index in [-0.39, 0.29) is 11.1 Å². The monoisotopic (exact) mass is 449 g/mol. The molecule has 3 N–H and O–H groups in total. The number of alkyl halides is 5. The van der Waals surface area contributed by atoms with Gasteiger partial charge in [-0.2, -0.15) is 13.2 Å². The lowest BCUT2D eigenvalue weighted by atomic mass is 9.96. The molecule has 0 aliphatic rings. The van der Waals surface area contributed by atoms with Crippen molar-refractivity contribution >= 4 is 12.0 Å². The quantitative estimate of drug-likeness (QED) is 0.519. The van der Waals surface area contributed by atoms with Crippen LogP contribution in [0.15, 0.2) is 36.4 Å². The highest BCUT2D eigenvalue weighted by molar-refractivity contribution is 5.77. The van der Waals surface area contributed by atoms with Gasteiger partial charge in [0.1, 0.15) is 11.5 Å². The number of aliphatic carboxylic acids is 1. The van der Waals surface area contributed by atoms with Crippen LogP contribution in [0.1, 0.15) is 36.2 Å². The lowest BCUT2D eigenvalue weighted by Crippen LogP contribution is -2.19. The summed E-state index contributed by atoms with van der Waals surface area (Å²) >= 11 is 0. The molecule has 31 heavy (non-hydrogen) atoms. The number of carbonyl (C=O) groups is 1. The number of hydrogen-bond acceptors (Lipinski definition) is 4. The Bertz CT molecular complexity index is 944. The van der Waals surface area contributed by atoms with Gasteiger partial charge in [-0.25, -0.2) is 18.2 Å². The van der Waals surface area contributed by atoms with E-state index in [2.05, 4.69) is 4.98 Å². The zero-order chi connectivity index (χ0) is 23.3. The van der Waals surface area contributed by atoms with Crippen LogP contribution in [0.3, 0.4) is 0 Å². The van der Waals surface area contributed by atoms with Gasteiger partial charge in [0.05, 0.1) is 18.6 Å². The van der Waals surface area contributed by atoms with Crippen LogP contribution in [0.5, 0.6) is 0 Å². The van der Waals surface area contributed by atoms with E-state index < -0.39 is 66.4 Å². The summed E-state index contributed by atoms with van der Waals surface area (Å²) in [4.78, 5) is 13.6. The van der Waals surface area contributed by atoms with Crippen molar-refractivity contribution in [3.05, 3.63) is 59.2 Å². The summed E-state index contributed by atoms with van der Waals surface area (Å²) in [6.07, 6.45) is -11.0. The zero-order valence-corrected chi connectivity index (χ0v) is 15.7. The summed E-state index contributed by atoms with van der Waals surface area (Å²) < 4.78 is 80.2. The van der Waals surface area contributed by atoms with Crippen LogP contribution in [0.2, 0.25) is 0 Å². The van der Waals surface area contributed by atoms with Crippen molar-refractivity contribution in [2.24, 2.45) is 0 Å². The Labute approximate surface area is 172 Å². The molecule has 2 aromatic rings. The fraction of sp³-hybridized carbons (Fsp3) is 0.300. The Balaban J connectivity index is 2.57. The van der Waals surface area contributed by atoms with Gasteiger partial charge in [-0.3, -0.25) is 4.79 Å². The Morgan fingerprint density at radius 3 is 2.26 bits per heavy atom. The molecule has 0 radical (unpaired) electrons. The first-order valence-corrected chi connectivity index (χ1v) is 8.80. The van der Waals surface area contributed by atoms with Gasteiger partial charge < -0.3 is 15.3 Å². The summed E-state index contributed by atoms with van der Waals surface area (Å²) in [5.41, 5.74) is -3.76. The second-order valence-electron chi connectivity index (χ2n) is 6.58. The molecule has 2 atom stereocenters. The molecular weight excluding hydrogens is 432 g/mol. The molecule has 0 bridgehead atoms. The zero-order valence-electron chi connectivity index (χ0n) is 15.7. The predicted octanol–water partition coefficient (Wildman–Crippen LogP) is 4.44. The summed E-state index contributed by atoms with van der Waals surface area (Å²) in [7, 11) is 0. The second kappa shape index (κ2) is 9.92. The molecule has 0 amide bonds. The maximum Gasteiger partial charge on any atom is 0.433 e. The highest BCUT2D eigenvalue weighted by atomic mass is 19.4. The Hall–Kier alpha value is -2.92. The number of aliphatic hydroxyl groups is 2. The summed E-state index contributed by atoms with van der Waals surface area (Å²) in [6.45, 7) is 0. The lowest BCUT2D eigenvalue weighted by Gasteiger charge is -2.17. The molecular formula is C20H17F6NO4. The minimum Gasteiger partial charge on any atom is -0.481 e. The number of halogens is 6. The van der Waals surface area contributed by atoms with Gasteiger partial charge in [-0.05, 0) is 29.3 Å². The van der Waals surface area contributed by atoms with Crippen LogP contribution < -0.4 is 0 Å². The average Bonchev–Trinajstić information content (AvgIpc) is 2.64. The molecule has 0 aliphatic heterocycles. The molecule has 0 fully saturated rings. The number of carboxylic acid groups (broad SMARTS) is 1. The lowest BCUT2D eigenvalue weighted by molar-refractivity contribution is -0.142. The van der Waals surface area contributed by atoms with Crippen LogP contribution in [0.4, 0.5) is 26.3 Å². The first-order valence-electron chi connectivity index (χ1n) is 8.80. The van der Waals surface area contributed by atoms with Crippen LogP contribution >= 0.6 is 0 Å². The minimum atomic E-state index is -5.13. The van der Waals surface area contributed by atoms with E-state index >= 15 is 0 Å². The number of nitrogens with zero attached hydrogens (tertiary/aromatic N) is 1. The molecule has 0 saturated heterocycles. The van der Waals surface area contributed by atoms with Crippen molar-refractivity contribution in [2.75, 3.05) is 0 Å². The Morgan fingerprint density at radius 1 is 1.13 bits per heavy atom. The van der Waals surface area contributed by atoms with E-state index in [1.807, 2.05) is 0 Å². The molecule has 168 valence electrons. The fourth-order valence-corrected chi connectivity index (χ4v) is 2.79. The smallest absolute Gasteiger partial charge is 0.433 e. The van der Waals surface area contributed by atoms with Gasteiger partial charge in [0.2, 0.25) is 0 Å². The van der Waals surface area contributed by atoms with E-state index in [1.165, 1.54) is 0 Å². The largest absolute Gasteiger partial charge is 0.481 e. The highest BCUT2D eigenvalue weighted by Crippen LogP contribution is 2.38. The first-order chi connectivity index (χ1) is 14.4. The number of carboxylic acids is 1. The van der Waals surface area contributed by atoms with Crippen molar-refractivity contribution in [3.63, 3.8) is 0 Å². The maximum atomic E-state index is 13.6. The van der Waals surface area contributed by atoms with Crippen LogP contribution in [0, 0.1) is 5.82 Å². The second-order valence-corrected chi connectivity index (χ2v) is 6.58. The van der Waals surface area contributed by atoms with Gasteiger partial charge >= 0.3 is 12.1 Å². The average molecular weight is 449 g/mol. The number of aromatic nitrogens is 1. The molecule has 1 unspecified atom stereocenters. The maximum absolute atomic E-state index is 13.6. The topological polar surface area (TPSA) is 90.7 Å². The standard InChI is InChI=1S/C20H17F6NO4/c21-11-3-1-10(2-4-11)15-9-16(19(22)23)27-18(20(24,25)26)14(15)6-5-12(28)7-13(29)8-17(30)31/h1-6,9,12-13,19,28-29H,7-8H2,(H,30,31)/t12-,13?/m1/s1. The van der Waals surface area contributed by atoms with Gasteiger partial charge in [0.25, 0.3) is 6.43 Å². The minimum absolute atomic E-state index is 0.00347. The van der Waals surface area contributed by atoms with Crippen molar-refractivity contribution < 1.29 is 46.5 Å². The summed E-state index contributed by atoms with van der Waals surface area (Å²) in [5, 5.41) is 28.1.